The third kappa shape index (κ3) is 3.02. The van der Waals surface area contributed by atoms with E-state index in [-0.39, 0.29) is 11.6 Å². The maximum atomic E-state index is 10.7. The van der Waals surface area contributed by atoms with Gasteiger partial charge in [-0.2, -0.15) is 0 Å². The summed E-state index contributed by atoms with van der Waals surface area (Å²) >= 11 is 1.43. The summed E-state index contributed by atoms with van der Waals surface area (Å²) in [7, 11) is 3.15. The van der Waals surface area contributed by atoms with Crippen LogP contribution in [0.2, 0.25) is 0 Å². The summed E-state index contributed by atoms with van der Waals surface area (Å²) in [4.78, 5) is 28.4. The molecule has 2 aromatic rings. The van der Waals surface area contributed by atoms with Gasteiger partial charge in [-0.25, -0.2) is 19.1 Å². The summed E-state index contributed by atoms with van der Waals surface area (Å²) < 4.78 is 2.82. The highest BCUT2D eigenvalue weighted by atomic mass is 32.2. The van der Waals surface area contributed by atoms with Gasteiger partial charge in [-0.3, -0.25) is 0 Å². The molecule has 112 valence electrons. The zero-order valence-electron chi connectivity index (χ0n) is 11.3. The number of aromatic nitrogens is 4. The highest BCUT2D eigenvalue weighted by Crippen LogP contribution is 2.21. The average molecular weight is 312 g/mol. The molecule has 0 unspecified atom stereocenters. The first kappa shape index (κ1) is 15.0. The molecule has 0 aliphatic rings. The Morgan fingerprint density at radius 1 is 1.00 bits per heavy atom. The predicted molar refractivity (Wildman–Crippen MR) is 74.7 cm³/mol. The van der Waals surface area contributed by atoms with E-state index in [4.69, 9.17) is 0 Å². The Labute approximate surface area is 123 Å². The van der Waals surface area contributed by atoms with Gasteiger partial charge in [0, 0.05) is 0 Å². The lowest BCUT2D eigenvalue weighted by Gasteiger charge is -1.99. The molecule has 0 aliphatic carbocycles. The fourth-order valence-corrected chi connectivity index (χ4v) is 2.72. The molecule has 0 bridgehead atoms. The van der Waals surface area contributed by atoms with Gasteiger partial charge in [0.15, 0.2) is 0 Å². The maximum absolute atomic E-state index is 10.7. The number of nitrogens with zero attached hydrogens (tertiary/aromatic N) is 6. The molecule has 0 radical (unpaired) electrons. The number of hydrogen-bond acceptors (Lipinski definition) is 7. The van der Waals surface area contributed by atoms with Gasteiger partial charge in [0.25, 0.3) is 0 Å². The fourth-order valence-electron chi connectivity index (χ4n) is 1.72. The second-order valence-electron chi connectivity index (χ2n) is 4.19. The van der Waals surface area contributed by atoms with Crippen molar-refractivity contribution in [1.82, 2.24) is 19.1 Å². The molecule has 2 heterocycles. The second kappa shape index (κ2) is 5.91. The van der Waals surface area contributed by atoms with Crippen molar-refractivity contribution in [3.05, 3.63) is 44.3 Å². The molecule has 2 aromatic heterocycles. The van der Waals surface area contributed by atoms with Crippen molar-refractivity contribution in [3.8, 4) is 0 Å². The first-order chi connectivity index (χ1) is 9.91. The molecule has 0 N–H and O–H groups in total. The van der Waals surface area contributed by atoms with Crippen LogP contribution in [0.4, 0.5) is 11.6 Å². The average Bonchev–Trinajstić information content (AvgIpc) is 2.95. The van der Waals surface area contributed by atoms with Crippen molar-refractivity contribution in [2.75, 3.05) is 0 Å². The summed E-state index contributed by atoms with van der Waals surface area (Å²) in [6.45, 7) is 0. The predicted octanol–water partition coefficient (Wildman–Crippen LogP) is 1.40. The molecule has 0 amide bonds. The maximum Gasteiger partial charge on any atom is 0.342 e. The van der Waals surface area contributed by atoms with Gasteiger partial charge >= 0.3 is 11.6 Å². The minimum Gasteiger partial charge on any atom is -0.358 e. The SMILES string of the molecule is Cn1c([N+](=O)[O-])cnc1CSCc1ncc([N+](=O)[O-])n1C. The third-order valence-corrected chi connectivity index (χ3v) is 3.88. The van der Waals surface area contributed by atoms with Crippen molar-refractivity contribution in [2.24, 2.45) is 14.1 Å². The van der Waals surface area contributed by atoms with Gasteiger partial charge in [-0.05, 0) is 9.85 Å². The van der Waals surface area contributed by atoms with E-state index in [0.717, 1.165) is 0 Å². The molecular formula is C10H12N6O4S. The molecule has 0 aromatic carbocycles. The van der Waals surface area contributed by atoms with Crippen LogP contribution >= 0.6 is 11.8 Å². The third-order valence-electron chi connectivity index (χ3n) is 2.96. The largest absolute Gasteiger partial charge is 0.358 e. The zero-order chi connectivity index (χ0) is 15.6. The van der Waals surface area contributed by atoms with Gasteiger partial charge in [-0.1, -0.05) is 0 Å². The molecule has 10 nitrogen and oxygen atoms in total. The molecule has 0 fully saturated rings. The van der Waals surface area contributed by atoms with E-state index < -0.39 is 9.85 Å². The second-order valence-corrected chi connectivity index (χ2v) is 5.18. The molecule has 0 aliphatic heterocycles. The molecule has 0 spiro atoms. The van der Waals surface area contributed by atoms with Gasteiger partial charge in [0.2, 0.25) is 11.6 Å². The number of rotatable bonds is 6. The van der Waals surface area contributed by atoms with Gasteiger partial charge < -0.3 is 20.2 Å². The van der Waals surface area contributed by atoms with Gasteiger partial charge in [-0.15, -0.1) is 11.8 Å². The lowest BCUT2D eigenvalue weighted by atomic mass is 10.7. The van der Waals surface area contributed by atoms with Gasteiger partial charge in [0.1, 0.15) is 12.4 Å². The quantitative estimate of drug-likeness (QED) is 0.583. The molecule has 2 rings (SSSR count). The summed E-state index contributed by atoms with van der Waals surface area (Å²) in [6, 6.07) is 0. The lowest BCUT2D eigenvalue weighted by Crippen LogP contribution is -2.03. The van der Waals surface area contributed by atoms with Crippen molar-refractivity contribution in [2.45, 2.75) is 11.5 Å². The van der Waals surface area contributed by atoms with Crippen molar-refractivity contribution < 1.29 is 9.85 Å². The smallest absolute Gasteiger partial charge is 0.342 e. The van der Waals surface area contributed by atoms with Crippen LogP contribution in [-0.2, 0) is 25.6 Å². The van der Waals surface area contributed by atoms with E-state index >= 15 is 0 Å². The summed E-state index contributed by atoms with van der Waals surface area (Å²) in [5, 5.41) is 21.4. The summed E-state index contributed by atoms with van der Waals surface area (Å²) in [5.41, 5.74) is 0. The first-order valence-corrected chi connectivity index (χ1v) is 6.95. The van der Waals surface area contributed by atoms with Gasteiger partial charge in [0.05, 0.1) is 25.6 Å². The van der Waals surface area contributed by atoms with Crippen LogP contribution in [0.25, 0.3) is 0 Å². The fraction of sp³-hybridized carbons (Fsp3) is 0.400. The zero-order valence-corrected chi connectivity index (χ0v) is 12.1. The molecule has 0 atom stereocenters. The monoisotopic (exact) mass is 312 g/mol. The Kier molecular flexibility index (Phi) is 4.21. The van der Waals surface area contributed by atoms with E-state index in [9.17, 15) is 20.2 Å². The van der Waals surface area contributed by atoms with Crippen molar-refractivity contribution in [3.63, 3.8) is 0 Å². The van der Waals surface area contributed by atoms with E-state index in [1.807, 2.05) is 0 Å². The van der Waals surface area contributed by atoms with Crippen LogP contribution in [0, 0.1) is 20.2 Å². The van der Waals surface area contributed by atoms with Crippen LogP contribution in [0.5, 0.6) is 0 Å². The standard InChI is InChI=1S/C10H12N6O4S/c1-13-7(11-3-9(13)15(17)18)5-21-6-8-12-4-10(14(8)2)16(19)20/h3-4H,5-6H2,1-2H3. The molecule has 21 heavy (non-hydrogen) atoms. The van der Waals surface area contributed by atoms with E-state index in [1.165, 1.54) is 33.3 Å². The lowest BCUT2D eigenvalue weighted by molar-refractivity contribution is -0.392. The molecule has 11 heteroatoms. The van der Waals surface area contributed by atoms with Crippen molar-refractivity contribution in [1.29, 1.82) is 0 Å². The first-order valence-electron chi connectivity index (χ1n) is 5.79. The van der Waals surface area contributed by atoms with E-state index in [1.54, 1.807) is 14.1 Å². The Morgan fingerprint density at radius 2 is 1.38 bits per heavy atom. The van der Waals surface area contributed by atoms with Crippen LogP contribution < -0.4 is 0 Å². The highest BCUT2D eigenvalue weighted by Gasteiger charge is 2.19. The highest BCUT2D eigenvalue weighted by molar-refractivity contribution is 7.97. The Hall–Kier alpha value is -2.43. The molecule has 0 saturated heterocycles. The van der Waals surface area contributed by atoms with E-state index in [2.05, 4.69) is 9.97 Å². The van der Waals surface area contributed by atoms with Crippen LogP contribution in [0.3, 0.4) is 0 Å². The van der Waals surface area contributed by atoms with E-state index in [0.29, 0.717) is 23.2 Å². The Balaban J connectivity index is 1.99. The Morgan fingerprint density at radius 3 is 1.67 bits per heavy atom. The number of thioether (sulfide) groups is 1. The Bertz CT molecular complexity index is 636. The minimum atomic E-state index is -0.497. The van der Waals surface area contributed by atoms with Crippen LogP contribution in [0.1, 0.15) is 11.6 Å². The molecular weight excluding hydrogens is 300 g/mol. The summed E-state index contributed by atoms with van der Waals surface area (Å²) in [6.07, 6.45) is 2.42. The number of nitro groups is 2. The normalized spacial score (nSPS) is 10.8. The minimum absolute atomic E-state index is 0.0711. The number of hydrogen-bond donors (Lipinski definition) is 0. The summed E-state index contributed by atoms with van der Waals surface area (Å²) in [5.74, 6) is 1.89. The van der Waals surface area contributed by atoms with Crippen molar-refractivity contribution >= 4 is 23.4 Å². The number of imidazole rings is 2. The topological polar surface area (TPSA) is 122 Å². The molecule has 0 saturated carbocycles. The van der Waals surface area contributed by atoms with Crippen LogP contribution in [-0.4, -0.2) is 28.9 Å². The van der Waals surface area contributed by atoms with Crippen LogP contribution in [0.15, 0.2) is 12.4 Å².